The predicted octanol–water partition coefficient (Wildman–Crippen LogP) is 3.29. The third-order valence-corrected chi connectivity index (χ3v) is 4.74. The van der Waals surface area contributed by atoms with Crippen LogP contribution in [0.4, 0.5) is 4.79 Å². The fourth-order valence-electron chi connectivity index (χ4n) is 3.19. The molecule has 3 rings (SSSR count). The van der Waals surface area contributed by atoms with Crippen LogP contribution in [0.1, 0.15) is 41.8 Å². The van der Waals surface area contributed by atoms with E-state index >= 15 is 0 Å². The average molecular weight is 350 g/mol. The number of urea groups is 1. The smallest absolute Gasteiger partial charge is 0.319 e. The van der Waals surface area contributed by atoms with Crippen LogP contribution < -0.4 is 5.32 Å². The summed E-state index contributed by atoms with van der Waals surface area (Å²) in [6, 6.07) is 15.8. The molecule has 1 atom stereocenters. The maximum absolute atomic E-state index is 12.8. The summed E-state index contributed by atoms with van der Waals surface area (Å²) in [6.45, 7) is 3.49. The molecule has 0 bridgehead atoms. The van der Waals surface area contributed by atoms with E-state index in [1.165, 1.54) is 0 Å². The number of nitrogens with zero attached hydrogens (tertiary/aromatic N) is 1. The number of Topliss-reactive ketones (excluding diaryl/α,β-unsaturated/α-hetero) is 1. The van der Waals surface area contributed by atoms with Crippen LogP contribution in [0.15, 0.2) is 54.6 Å². The van der Waals surface area contributed by atoms with Gasteiger partial charge in [0.25, 0.3) is 5.91 Å². The summed E-state index contributed by atoms with van der Waals surface area (Å²) in [7, 11) is 0. The Hall–Kier alpha value is -2.95. The van der Waals surface area contributed by atoms with Crippen molar-refractivity contribution in [1.29, 1.82) is 0 Å². The molecule has 2 aromatic rings. The number of carbonyl (C=O) groups excluding carboxylic acids is 3. The second kappa shape index (κ2) is 7.12. The van der Waals surface area contributed by atoms with E-state index in [2.05, 4.69) is 12.2 Å². The first-order valence-electron chi connectivity index (χ1n) is 8.77. The molecule has 0 radical (unpaired) electrons. The lowest BCUT2D eigenvalue weighted by Gasteiger charge is -2.22. The highest BCUT2D eigenvalue weighted by Crippen LogP contribution is 2.28. The normalized spacial score (nSPS) is 19.5. The monoisotopic (exact) mass is 350 g/mol. The van der Waals surface area contributed by atoms with Gasteiger partial charge in [-0.05, 0) is 24.5 Å². The molecule has 0 saturated carbocycles. The summed E-state index contributed by atoms with van der Waals surface area (Å²) in [5.41, 5.74) is 1.20. The molecule has 1 N–H and O–H groups in total. The van der Waals surface area contributed by atoms with Crippen molar-refractivity contribution in [2.75, 3.05) is 6.54 Å². The highest BCUT2D eigenvalue weighted by molar-refractivity contribution is 6.11. The summed E-state index contributed by atoms with van der Waals surface area (Å²) >= 11 is 0. The molecular formula is C21H22N2O3. The summed E-state index contributed by atoms with van der Waals surface area (Å²) < 4.78 is 0. The van der Waals surface area contributed by atoms with Gasteiger partial charge in [0.15, 0.2) is 5.78 Å². The molecule has 1 unspecified atom stereocenters. The van der Waals surface area contributed by atoms with Crippen LogP contribution in [-0.4, -0.2) is 29.2 Å². The standard InChI is InChI=1S/C21H22N2O3/c1-3-7-15-10-12-16(13-11-15)18(24)14-23-19(25)21(2,22-20(23)26)17-8-5-4-6-9-17/h4-6,8-13H,3,7,14H2,1-2H3,(H,22,26). The maximum atomic E-state index is 12.8. The number of hydrogen-bond donors (Lipinski definition) is 1. The van der Waals surface area contributed by atoms with E-state index in [1.54, 1.807) is 31.2 Å². The van der Waals surface area contributed by atoms with Gasteiger partial charge in [0.1, 0.15) is 5.54 Å². The fourth-order valence-corrected chi connectivity index (χ4v) is 3.19. The minimum Gasteiger partial charge on any atom is -0.319 e. The SMILES string of the molecule is CCCc1ccc(C(=O)CN2C(=O)NC(C)(c3ccccc3)C2=O)cc1. The Bertz CT molecular complexity index is 830. The van der Waals surface area contributed by atoms with Gasteiger partial charge in [-0.25, -0.2) is 4.79 Å². The number of nitrogens with one attached hydrogen (secondary N) is 1. The Kier molecular flexibility index (Phi) is 4.89. The van der Waals surface area contributed by atoms with E-state index in [0.717, 1.165) is 23.3 Å². The Labute approximate surface area is 153 Å². The van der Waals surface area contributed by atoms with Crippen LogP contribution in [0, 0.1) is 0 Å². The van der Waals surface area contributed by atoms with Crippen LogP contribution in [0.5, 0.6) is 0 Å². The van der Waals surface area contributed by atoms with Crippen LogP contribution in [-0.2, 0) is 16.8 Å². The van der Waals surface area contributed by atoms with Gasteiger partial charge in [0.2, 0.25) is 0 Å². The van der Waals surface area contributed by atoms with Gasteiger partial charge in [-0.1, -0.05) is 67.9 Å². The number of imide groups is 1. The van der Waals surface area contributed by atoms with Gasteiger partial charge in [0, 0.05) is 5.56 Å². The van der Waals surface area contributed by atoms with E-state index < -0.39 is 17.5 Å². The van der Waals surface area contributed by atoms with Crippen molar-refractivity contribution in [3.63, 3.8) is 0 Å². The molecule has 0 aromatic heterocycles. The van der Waals surface area contributed by atoms with Crippen LogP contribution >= 0.6 is 0 Å². The zero-order valence-electron chi connectivity index (χ0n) is 15.0. The van der Waals surface area contributed by atoms with E-state index in [-0.39, 0.29) is 12.3 Å². The third kappa shape index (κ3) is 3.25. The molecule has 1 fully saturated rings. The van der Waals surface area contributed by atoms with Gasteiger partial charge in [-0.15, -0.1) is 0 Å². The second-order valence-corrected chi connectivity index (χ2v) is 6.68. The quantitative estimate of drug-likeness (QED) is 0.642. The average Bonchev–Trinajstić information content (AvgIpc) is 2.87. The zero-order chi connectivity index (χ0) is 18.7. The number of ketones is 1. The van der Waals surface area contributed by atoms with E-state index in [1.807, 2.05) is 30.3 Å². The molecule has 3 amide bonds. The Morgan fingerprint density at radius 2 is 1.69 bits per heavy atom. The number of benzene rings is 2. The molecule has 0 spiro atoms. The van der Waals surface area contributed by atoms with Crippen molar-refractivity contribution in [1.82, 2.24) is 10.2 Å². The van der Waals surface area contributed by atoms with Crippen LogP contribution in [0.2, 0.25) is 0 Å². The number of carbonyl (C=O) groups is 3. The summed E-state index contributed by atoms with van der Waals surface area (Å²) in [5.74, 6) is -0.668. The van der Waals surface area contributed by atoms with Crippen molar-refractivity contribution in [3.05, 3.63) is 71.3 Å². The van der Waals surface area contributed by atoms with Crippen molar-refractivity contribution >= 4 is 17.7 Å². The van der Waals surface area contributed by atoms with Crippen molar-refractivity contribution in [2.45, 2.75) is 32.2 Å². The lowest BCUT2D eigenvalue weighted by Crippen LogP contribution is -2.41. The van der Waals surface area contributed by atoms with Gasteiger partial charge < -0.3 is 5.32 Å². The van der Waals surface area contributed by atoms with Gasteiger partial charge in [-0.2, -0.15) is 0 Å². The molecule has 26 heavy (non-hydrogen) atoms. The molecule has 1 heterocycles. The molecule has 1 aliphatic rings. The van der Waals surface area contributed by atoms with Crippen LogP contribution in [0.25, 0.3) is 0 Å². The molecule has 1 aliphatic heterocycles. The van der Waals surface area contributed by atoms with Crippen molar-refractivity contribution in [2.24, 2.45) is 0 Å². The third-order valence-electron chi connectivity index (χ3n) is 4.74. The summed E-state index contributed by atoms with van der Waals surface area (Å²) in [4.78, 5) is 38.7. The molecular weight excluding hydrogens is 328 g/mol. The lowest BCUT2D eigenvalue weighted by molar-refractivity contribution is -0.130. The molecule has 1 saturated heterocycles. The first kappa shape index (κ1) is 17.9. The van der Waals surface area contributed by atoms with Gasteiger partial charge in [0.05, 0.1) is 6.54 Å². The minimum absolute atomic E-state index is 0.256. The predicted molar refractivity (Wildman–Crippen MR) is 98.8 cm³/mol. The van der Waals surface area contributed by atoms with E-state index in [4.69, 9.17) is 0 Å². The topological polar surface area (TPSA) is 66.5 Å². The largest absolute Gasteiger partial charge is 0.325 e. The molecule has 5 heteroatoms. The maximum Gasteiger partial charge on any atom is 0.325 e. The van der Waals surface area contributed by atoms with Crippen molar-refractivity contribution < 1.29 is 14.4 Å². The Morgan fingerprint density at radius 1 is 1.04 bits per heavy atom. The summed E-state index contributed by atoms with van der Waals surface area (Å²) in [5, 5.41) is 2.71. The lowest BCUT2D eigenvalue weighted by atomic mass is 9.92. The first-order chi connectivity index (χ1) is 12.5. The highest BCUT2D eigenvalue weighted by Gasteiger charge is 2.49. The number of rotatable bonds is 6. The molecule has 5 nitrogen and oxygen atoms in total. The number of aryl methyl sites for hydroxylation is 1. The molecule has 134 valence electrons. The van der Waals surface area contributed by atoms with Gasteiger partial charge >= 0.3 is 6.03 Å². The second-order valence-electron chi connectivity index (χ2n) is 6.68. The van der Waals surface area contributed by atoms with Crippen molar-refractivity contribution in [3.8, 4) is 0 Å². The fraction of sp³-hybridized carbons (Fsp3) is 0.286. The van der Waals surface area contributed by atoms with Crippen LogP contribution in [0.3, 0.4) is 0 Å². The highest BCUT2D eigenvalue weighted by atomic mass is 16.2. The van der Waals surface area contributed by atoms with E-state index in [9.17, 15) is 14.4 Å². The van der Waals surface area contributed by atoms with E-state index in [0.29, 0.717) is 11.1 Å². The number of amides is 3. The first-order valence-corrected chi connectivity index (χ1v) is 8.77. The summed E-state index contributed by atoms with van der Waals surface area (Å²) in [6.07, 6.45) is 1.99. The Morgan fingerprint density at radius 3 is 2.31 bits per heavy atom. The Balaban J connectivity index is 1.76. The zero-order valence-corrected chi connectivity index (χ0v) is 15.0. The molecule has 2 aromatic carbocycles. The molecule has 0 aliphatic carbocycles. The number of hydrogen-bond acceptors (Lipinski definition) is 3. The van der Waals surface area contributed by atoms with Gasteiger partial charge in [-0.3, -0.25) is 14.5 Å². The minimum atomic E-state index is -1.15.